The lowest BCUT2D eigenvalue weighted by Gasteiger charge is -2.06. The Labute approximate surface area is 113 Å². The molecule has 0 aliphatic heterocycles. The van der Waals surface area contributed by atoms with Crippen LogP contribution in [0.4, 0.5) is 5.69 Å². The molecule has 3 N–H and O–H groups in total. The Kier molecular flexibility index (Phi) is 3.43. The zero-order valence-corrected chi connectivity index (χ0v) is 10.8. The number of amides is 1. The number of hydrogen-bond donors (Lipinski definition) is 3. The van der Waals surface area contributed by atoms with E-state index in [0.29, 0.717) is 11.6 Å². The summed E-state index contributed by atoms with van der Waals surface area (Å²) >= 11 is 0. The van der Waals surface area contributed by atoms with Gasteiger partial charge in [-0.05, 0) is 25.1 Å². The van der Waals surface area contributed by atoms with E-state index in [1.54, 1.807) is 13.8 Å². The van der Waals surface area contributed by atoms with E-state index >= 15 is 0 Å². The normalized spacial score (nSPS) is 10.3. The fraction of sp³-hybridized carbons (Fsp3) is 0.154. The fourth-order valence-electron chi connectivity index (χ4n) is 1.71. The second kappa shape index (κ2) is 5.04. The zero-order valence-electron chi connectivity index (χ0n) is 10.8. The number of aryl methyl sites for hydroxylation is 2. The Hall–Kier alpha value is -2.83. The predicted molar refractivity (Wildman–Crippen MR) is 69.0 cm³/mol. The number of carboxylic acid groups (broad SMARTS) is 1. The number of aromatic nitrogens is 1. The summed E-state index contributed by atoms with van der Waals surface area (Å²) in [7, 11) is 0. The maximum Gasteiger partial charge on any atom is 0.339 e. The molecule has 0 aliphatic rings. The predicted octanol–water partition coefficient (Wildman–Crippen LogP) is 1.95. The average Bonchev–Trinajstić information content (AvgIpc) is 2.70. The molecular weight excluding hydrogens is 264 g/mol. The summed E-state index contributed by atoms with van der Waals surface area (Å²) in [5, 5.41) is 20.8. The number of anilines is 1. The maximum atomic E-state index is 12.0. The Balaban J connectivity index is 2.26. The minimum atomic E-state index is -1.29. The van der Waals surface area contributed by atoms with Gasteiger partial charge in [-0.15, -0.1) is 0 Å². The van der Waals surface area contributed by atoms with Gasteiger partial charge in [-0.3, -0.25) is 4.79 Å². The summed E-state index contributed by atoms with van der Waals surface area (Å²) in [6, 6.07) is 3.74. The van der Waals surface area contributed by atoms with Crippen molar-refractivity contribution in [3.8, 4) is 5.75 Å². The molecule has 2 rings (SSSR count). The molecule has 0 unspecified atom stereocenters. The topological polar surface area (TPSA) is 113 Å². The second-order valence-corrected chi connectivity index (χ2v) is 4.14. The number of carbonyl (C=O) groups is 2. The van der Waals surface area contributed by atoms with Gasteiger partial charge in [0, 0.05) is 12.6 Å². The average molecular weight is 276 g/mol. The number of carbonyl (C=O) groups excluding carboxylic acids is 1. The van der Waals surface area contributed by atoms with Gasteiger partial charge in [-0.2, -0.15) is 0 Å². The molecule has 1 heterocycles. The summed E-state index contributed by atoms with van der Waals surface area (Å²) < 4.78 is 5.16. The van der Waals surface area contributed by atoms with Gasteiger partial charge in [0.2, 0.25) is 5.76 Å². The summed E-state index contributed by atoms with van der Waals surface area (Å²) in [5.74, 6) is -1.77. The van der Waals surface area contributed by atoms with Crippen molar-refractivity contribution in [2.75, 3.05) is 5.32 Å². The molecule has 7 heteroatoms. The molecule has 0 bridgehead atoms. The van der Waals surface area contributed by atoms with Crippen LogP contribution in [0.5, 0.6) is 5.75 Å². The molecule has 0 fully saturated rings. The lowest BCUT2D eigenvalue weighted by atomic mass is 10.1. The molecule has 0 atom stereocenters. The van der Waals surface area contributed by atoms with Crippen molar-refractivity contribution in [3.05, 3.63) is 41.1 Å². The van der Waals surface area contributed by atoms with Gasteiger partial charge in [0.25, 0.3) is 5.91 Å². The minimum Gasteiger partial charge on any atom is -0.507 e. The second-order valence-electron chi connectivity index (χ2n) is 4.14. The van der Waals surface area contributed by atoms with Crippen molar-refractivity contribution in [2.24, 2.45) is 0 Å². The Morgan fingerprint density at radius 1 is 1.30 bits per heavy atom. The Morgan fingerprint density at radius 3 is 2.55 bits per heavy atom. The SMILES string of the molecule is Cc1nc(C)c(C(=O)Nc2ccc(O)c(C(=O)O)c2)o1. The number of aromatic hydroxyl groups is 1. The number of rotatable bonds is 3. The molecule has 0 spiro atoms. The molecule has 0 radical (unpaired) electrons. The van der Waals surface area contributed by atoms with Crippen LogP contribution in [0.2, 0.25) is 0 Å². The molecule has 104 valence electrons. The van der Waals surface area contributed by atoms with E-state index < -0.39 is 11.9 Å². The molecule has 1 amide bonds. The third-order valence-electron chi connectivity index (χ3n) is 2.59. The highest BCUT2D eigenvalue weighted by molar-refractivity contribution is 6.03. The first-order chi connectivity index (χ1) is 9.38. The van der Waals surface area contributed by atoms with Gasteiger partial charge in [-0.1, -0.05) is 0 Å². The van der Waals surface area contributed by atoms with E-state index in [1.807, 2.05) is 0 Å². The van der Waals surface area contributed by atoms with Gasteiger partial charge in [0.05, 0.1) is 5.69 Å². The van der Waals surface area contributed by atoms with Crippen LogP contribution >= 0.6 is 0 Å². The first kappa shape index (κ1) is 13.6. The van der Waals surface area contributed by atoms with Crippen molar-refractivity contribution in [3.63, 3.8) is 0 Å². The molecule has 1 aromatic carbocycles. The van der Waals surface area contributed by atoms with Crippen LogP contribution in [0.15, 0.2) is 22.6 Å². The van der Waals surface area contributed by atoms with Crippen LogP contribution in [0.3, 0.4) is 0 Å². The smallest absolute Gasteiger partial charge is 0.339 e. The van der Waals surface area contributed by atoms with E-state index in [1.165, 1.54) is 12.1 Å². The quantitative estimate of drug-likeness (QED) is 0.738. The van der Waals surface area contributed by atoms with Crippen LogP contribution in [0.25, 0.3) is 0 Å². The third kappa shape index (κ3) is 2.61. The number of hydrogen-bond acceptors (Lipinski definition) is 5. The van der Waals surface area contributed by atoms with E-state index in [9.17, 15) is 14.7 Å². The van der Waals surface area contributed by atoms with E-state index in [4.69, 9.17) is 9.52 Å². The standard InChI is InChI=1S/C13H12N2O5/c1-6-11(20-7(2)14-6)12(17)15-8-3-4-10(16)9(5-8)13(18)19/h3-5,16H,1-2H3,(H,15,17)(H,18,19). The van der Waals surface area contributed by atoms with Crippen molar-refractivity contribution in [1.29, 1.82) is 0 Å². The molecule has 0 aliphatic carbocycles. The number of aromatic carboxylic acids is 1. The summed E-state index contributed by atoms with van der Waals surface area (Å²) in [6.07, 6.45) is 0. The summed E-state index contributed by atoms with van der Waals surface area (Å²) in [5.41, 5.74) is 0.379. The lowest BCUT2D eigenvalue weighted by Crippen LogP contribution is -2.12. The van der Waals surface area contributed by atoms with Crippen molar-refractivity contribution in [1.82, 2.24) is 4.98 Å². The van der Waals surface area contributed by atoms with E-state index in [2.05, 4.69) is 10.3 Å². The maximum absolute atomic E-state index is 12.0. The van der Waals surface area contributed by atoms with Crippen LogP contribution in [0, 0.1) is 13.8 Å². The van der Waals surface area contributed by atoms with Crippen molar-refractivity contribution < 1.29 is 24.2 Å². The molecule has 1 aromatic heterocycles. The molecule has 0 saturated heterocycles. The van der Waals surface area contributed by atoms with Crippen LogP contribution < -0.4 is 5.32 Å². The number of nitrogens with one attached hydrogen (secondary N) is 1. The van der Waals surface area contributed by atoms with Crippen molar-refractivity contribution in [2.45, 2.75) is 13.8 Å². The largest absolute Gasteiger partial charge is 0.507 e. The first-order valence-electron chi connectivity index (χ1n) is 5.70. The molecule has 0 saturated carbocycles. The third-order valence-corrected chi connectivity index (χ3v) is 2.59. The first-order valence-corrected chi connectivity index (χ1v) is 5.70. The molecular formula is C13H12N2O5. The molecule has 7 nitrogen and oxygen atoms in total. The lowest BCUT2D eigenvalue weighted by molar-refractivity contribution is 0.0693. The van der Waals surface area contributed by atoms with Gasteiger partial charge < -0.3 is 19.9 Å². The van der Waals surface area contributed by atoms with Gasteiger partial charge in [-0.25, -0.2) is 9.78 Å². The highest BCUT2D eigenvalue weighted by atomic mass is 16.4. The van der Waals surface area contributed by atoms with Gasteiger partial charge in [0.15, 0.2) is 5.89 Å². The fourth-order valence-corrected chi connectivity index (χ4v) is 1.71. The molecule has 2 aromatic rings. The zero-order chi connectivity index (χ0) is 14.9. The highest BCUT2D eigenvalue weighted by Gasteiger charge is 2.17. The number of benzene rings is 1. The van der Waals surface area contributed by atoms with Crippen LogP contribution in [-0.2, 0) is 0 Å². The number of nitrogens with zero attached hydrogens (tertiary/aromatic N) is 1. The van der Waals surface area contributed by atoms with Crippen molar-refractivity contribution >= 4 is 17.6 Å². The van der Waals surface area contributed by atoms with Crippen LogP contribution in [-0.4, -0.2) is 27.1 Å². The highest BCUT2D eigenvalue weighted by Crippen LogP contribution is 2.22. The summed E-state index contributed by atoms with van der Waals surface area (Å²) in [6.45, 7) is 3.25. The minimum absolute atomic E-state index is 0.0625. The monoisotopic (exact) mass is 276 g/mol. The number of oxazole rings is 1. The number of carboxylic acids is 1. The Bertz CT molecular complexity index is 690. The number of phenols is 1. The van der Waals surface area contributed by atoms with Crippen LogP contribution in [0.1, 0.15) is 32.5 Å². The Morgan fingerprint density at radius 2 is 2.00 bits per heavy atom. The van der Waals surface area contributed by atoms with Gasteiger partial charge >= 0.3 is 5.97 Å². The summed E-state index contributed by atoms with van der Waals surface area (Å²) in [4.78, 5) is 26.8. The van der Waals surface area contributed by atoms with Gasteiger partial charge in [0.1, 0.15) is 11.3 Å². The molecule has 20 heavy (non-hydrogen) atoms. The van der Waals surface area contributed by atoms with E-state index in [-0.39, 0.29) is 22.8 Å². The van der Waals surface area contributed by atoms with E-state index in [0.717, 1.165) is 6.07 Å².